The molecule has 0 atom stereocenters. The molecule has 0 spiro atoms. The van der Waals surface area contributed by atoms with Gasteiger partial charge >= 0.3 is 0 Å². The van der Waals surface area contributed by atoms with Gasteiger partial charge in [0.2, 0.25) is 0 Å². The Balaban J connectivity index is 1.97. The number of carbonyl (C=O) groups is 1. The van der Waals surface area contributed by atoms with Crippen LogP contribution in [0.2, 0.25) is 0 Å². The molecule has 2 aromatic carbocycles. The van der Waals surface area contributed by atoms with E-state index in [1.165, 1.54) is 0 Å². The van der Waals surface area contributed by atoms with Crippen LogP contribution in [0.5, 0.6) is 5.75 Å². The Morgan fingerprint density at radius 1 is 0.952 bits per heavy atom. The van der Waals surface area contributed by atoms with Crippen molar-refractivity contribution in [1.29, 1.82) is 0 Å². The fourth-order valence-corrected chi connectivity index (χ4v) is 2.13. The molecule has 0 aromatic heterocycles. The first-order valence-corrected chi connectivity index (χ1v) is 7.30. The molecular weight excluding hydrogens is 262 g/mol. The molecule has 0 heterocycles. The van der Waals surface area contributed by atoms with Crippen molar-refractivity contribution in [3.05, 3.63) is 65.7 Å². The van der Waals surface area contributed by atoms with Gasteiger partial charge in [0.1, 0.15) is 12.4 Å². The van der Waals surface area contributed by atoms with E-state index < -0.39 is 0 Å². The summed E-state index contributed by atoms with van der Waals surface area (Å²) in [6.45, 7) is 5.95. The van der Waals surface area contributed by atoms with Crippen molar-refractivity contribution in [2.75, 3.05) is 13.1 Å². The Morgan fingerprint density at radius 2 is 1.57 bits per heavy atom. The maximum absolute atomic E-state index is 12.2. The van der Waals surface area contributed by atoms with Gasteiger partial charge in [-0.15, -0.1) is 0 Å². The second kappa shape index (κ2) is 7.48. The van der Waals surface area contributed by atoms with Gasteiger partial charge in [0, 0.05) is 18.7 Å². The molecular formula is C18H21NO2. The molecule has 110 valence electrons. The maximum atomic E-state index is 12.2. The summed E-state index contributed by atoms with van der Waals surface area (Å²) in [5.41, 5.74) is 1.83. The predicted octanol–water partition coefficient (Wildman–Crippen LogP) is 3.75. The van der Waals surface area contributed by atoms with E-state index >= 15 is 0 Å². The quantitative estimate of drug-likeness (QED) is 0.808. The minimum Gasteiger partial charge on any atom is -0.489 e. The van der Waals surface area contributed by atoms with Crippen LogP contribution in [0.25, 0.3) is 0 Å². The van der Waals surface area contributed by atoms with Gasteiger partial charge in [-0.1, -0.05) is 30.3 Å². The van der Waals surface area contributed by atoms with Crippen LogP contribution in [-0.2, 0) is 6.61 Å². The van der Waals surface area contributed by atoms with Crippen molar-refractivity contribution in [1.82, 2.24) is 4.90 Å². The molecule has 0 saturated heterocycles. The third kappa shape index (κ3) is 4.09. The molecule has 0 unspecified atom stereocenters. The normalized spacial score (nSPS) is 10.2. The van der Waals surface area contributed by atoms with Crippen molar-refractivity contribution in [2.45, 2.75) is 20.5 Å². The lowest BCUT2D eigenvalue weighted by Gasteiger charge is -2.18. The zero-order chi connectivity index (χ0) is 15.1. The third-order valence-corrected chi connectivity index (χ3v) is 3.40. The molecule has 0 radical (unpaired) electrons. The first kappa shape index (κ1) is 15.1. The standard InChI is InChI=1S/C18H21NO2/c1-3-19(4-2)18(20)16-10-12-17(13-11-16)21-14-15-8-6-5-7-9-15/h5-13H,3-4,14H2,1-2H3. The minimum atomic E-state index is 0.0645. The zero-order valence-corrected chi connectivity index (χ0v) is 12.6. The zero-order valence-electron chi connectivity index (χ0n) is 12.6. The molecule has 21 heavy (non-hydrogen) atoms. The monoisotopic (exact) mass is 283 g/mol. The summed E-state index contributed by atoms with van der Waals surface area (Å²) in [5, 5.41) is 0. The van der Waals surface area contributed by atoms with Gasteiger partial charge in [-0.05, 0) is 43.7 Å². The number of hydrogen-bond donors (Lipinski definition) is 0. The summed E-state index contributed by atoms with van der Waals surface area (Å²) >= 11 is 0. The van der Waals surface area contributed by atoms with Gasteiger partial charge in [-0.2, -0.15) is 0 Å². The van der Waals surface area contributed by atoms with Crippen LogP contribution in [-0.4, -0.2) is 23.9 Å². The number of benzene rings is 2. The number of rotatable bonds is 6. The molecule has 3 nitrogen and oxygen atoms in total. The highest BCUT2D eigenvalue weighted by molar-refractivity contribution is 5.94. The molecule has 0 N–H and O–H groups in total. The second-order valence-corrected chi connectivity index (χ2v) is 4.78. The van der Waals surface area contributed by atoms with Crippen LogP contribution >= 0.6 is 0 Å². The highest BCUT2D eigenvalue weighted by Crippen LogP contribution is 2.15. The first-order chi connectivity index (χ1) is 10.2. The fraction of sp³-hybridized carbons (Fsp3) is 0.278. The molecule has 0 aliphatic heterocycles. The van der Waals surface area contributed by atoms with Crippen molar-refractivity contribution in [3.8, 4) is 5.75 Å². The number of carbonyl (C=O) groups excluding carboxylic acids is 1. The number of ether oxygens (including phenoxy) is 1. The smallest absolute Gasteiger partial charge is 0.253 e. The van der Waals surface area contributed by atoms with Crippen LogP contribution in [0.3, 0.4) is 0 Å². The number of hydrogen-bond acceptors (Lipinski definition) is 2. The van der Waals surface area contributed by atoms with Crippen LogP contribution in [0.1, 0.15) is 29.8 Å². The fourth-order valence-electron chi connectivity index (χ4n) is 2.13. The molecule has 0 aliphatic rings. The summed E-state index contributed by atoms with van der Waals surface area (Å²) in [6, 6.07) is 17.4. The largest absolute Gasteiger partial charge is 0.489 e. The topological polar surface area (TPSA) is 29.5 Å². The van der Waals surface area contributed by atoms with Gasteiger partial charge < -0.3 is 9.64 Å². The van der Waals surface area contributed by atoms with E-state index in [9.17, 15) is 4.79 Å². The summed E-state index contributed by atoms with van der Waals surface area (Å²) in [5.74, 6) is 0.838. The van der Waals surface area contributed by atoms with Crippen molar-refractivity contribution in [3.63, 3.8) is 0 Å². The van der Waals surface area contributed by atoms with Gasteiger partial charge in [0.25, 0.3) is 5.91 Å². The van der Waals surface area contributed by atoms with E-state index in [0.29, 0.717) is 12.2 Å². The maximum Gasteiger partial charge on any atom is 0.253 e. The second-order valence-electron chi connectivity index (χ2n) is 4.78. The van der Waals surface area contributed by atoms with Crippen molar-refractivity contribution >= 4 is 5.91 Å². The molecule has 0 fully saturated rings. The SMILES string of the molecule is CCN(CC)C(=O)c1ccc(OCc2ccccc2)cc1. The van der Waals surface area contributed by atoms with Crippen LogP contribution < -0.4 is 4.74 Å². The summed E-state index contributed by atoms with van der Waals surface area (Å²) < 4.78 is 5.72. The summed E-state index contributed by atoms with van der Waals surface area (Å²) in [6.07, 6.45) is 0. The van der Waals surface area contributed by atoms with Crippen LogP contribution in [0.15, 0.2) is 54.6 Å². The van der Waals surface area contributed by atoms with Gasteiger partial charge in [0.05, 0.1) is 0 Å². The van der Waals surface area contributed by atoms with Gasteiger partial charge in [-0.3, -0.25) is 4.79 Å². The van der Waals surface area contributed by atoms with E-state index in [4.69, 9.17) is 4.74 Å². The molecule has 0 bridgehead atoms. The predicted molar refractivity (Wildman–Crippen MR) is 84.5 cm³/mol. The molecule has 2 rings (SSSR count). The summed E-state index contributed by atoms with van der Waals surface area (Å²) in [7, 11) is 0. The Hall–Kier alpha value is -2.29. The van der Waals surface area contributed by atoms with Crippen molar-refractivity contribution < 1.29 is 9.53 Å². The molecule has 3 heteroatoms. The number of amides is 1. The van der Waals surface area contributed by atoms with E-state index in [-0.39, 0.29) is 5.91 Å². The summed E-state index contributed by atoms with van der Waals surface area (Å²) in [4.78, 5) is 14.0. The highest BCUT2D eigenvalue weighted by Gasteiger charge is 2.11. The minimum absolute atomic E-state index is 0.0645. The van der Waals surface area contributed by atoms with Gasteiger partial charge in [0.15, 0.2) is 0 Å². The Morgan fingerprint density at radius 3 is 2.14 bits per heavy atom. The van der Waals surface area contributed by atoms with E-state index in [1.807, 2.05) is 68.4 Å². The molecule has 0 saturated carbocycles. The Bertz CT molecular complexity index is 560. The van der Waals surface area contributed by atoms with Crippen molar-refractivity contribution in [2.24, 2.45) is 0 Å². The lowest BCUT2D eigenvalue weighted by atomic mass is 10.2. The molecule has 0 aliphatic carbocycles. The number of nitrogens with zero attached hydrogens (tertiary/aromatic N) is 1. The average Bonchev–Trinajstić information content (AvgIpc) is 2.55. The van der Waals surface area contributed by atoms with E-state index in [1.54, 1.807) is 4.90 Å². The lowest BCUT2D eigenvalue weighted by molar-refractivity contribution is 0.0773. The first-order valence-electron chi connectivity index (χ1n) is 7.30. The highest BCUT2D eigenvalue weighted by atomic mass is 16.5. The average molecular weight is 283 g/mol. The Labute approximate surface area is 126 Å². The third-order valence-electron chi connectivity index (χ3n) is 3.40. The van der Waals surface area contributed by atoms with E-state index in [0.717, 1.165) is 24.4 Å². The van der Waals surface area contributed by atoms with Crippen LogP contribution in [0, 0.1) is 0 Å². The molecule has 1 amide bonds. The van der Waals surface area contributed by atoms with Gasteiger partial charge in [-0.25, -0.2) is 0 Å². The molecule has 2 aromatic rings. The lowest BCUT2D eigenvalue weighted by Crippen LogP contribution is -2.30. The van der Waals surface area contributed by atoms with E-state index in [2.05, 4.69) is 0 Å². The van der Waals surface area contributed by atoms with Crippen LogP contribution in [0.4, 0.5) is 0 Å². The Kier molecular flexibility index (Phi) is 5.38.